The number of nitrogens with two attached hydrogens (primary N) is 1. The lowest BCUT2D eigenvalue weighted by Gasteiger charge is -2.34. The quantitative estimate of drug-likeness (QED) is 0.778. The summed E-state index contributed by atoms with van der Waals surface area (Å²) in [5.41, 5.74) is 6.36. The number of anilines is 1. The average molecular weight is 222 g/mol. The number of alkyl halides is 1. The van der Waals surface area contributed by atoms with Gasteiger partial charge in [0.2, 0.25) is 0 Å². The van der Waals surface area contributed by atoms with Crippen LogP contribution in [0.3, 0.4) is 0 Å². The van der Waals surface area contributed by atoms with Crippen molar-refractivity contribution in [1.82, 2.24) is 4.90 Å². The number of halogens is 1. The van der Waals surface area contributed by atoms with E-state index in [4.69, 9.17) is 5.73 Å². The Hall–Kier alpha value is -1.09. The average Bonchev–Trinajstić information content (AvgIpc) is 2.27. The Balaban J connectivity index is 2.00. The Morgan fingerprint density at radius 3 is 2.38 bits per heavy atom. The molecule has 2 nitrogen and oxygen atoms in total. The standard InChI is InChI=1S/C13H19FN2/c1-16-8-6-13(14,7-9-16)10-11-2-4-12(15)5-3-11/h2-5H,6-10,15H2,1H3. The first-order chi connectivity index (χ1) is 7.57. The van der Waals surface area contributed by atoms with Crippen LogP contribution < -0.4 is 5.73 Å². The number of benzene rings is 1. The number of likely N-dealkylation sites (tertiary alicyclic amines) is 1. The van der Waals surface area contributed by atoms with E-state index in [0.717, 1.165) is 24.3 Å². The SMILES string of the molecule is CN1CCC(F)(Cc2ccc(N)cc2)CC1. The molecule has 1 aromatic rings. The third-order valence-electron chi connectivity index (χ3n) is 3.38. The van der Waals surface area contributed by atoms with Crippen molar-refractivity contribution >= 4 is 5.69 Å². The van der Waals surface area contributed by atoms with Gasteiger partial charge in [0.15, 0.2) is 0 Å². The molecule has 1 aliphatic heterocycles. The molecule has 0 aromatic heterocycles. The van der Waals surface area contributed by atoms with Gasteiger partial charge in [0.1, 0.15) is 5.67 Å². The highest BCUT2D eigenvalue weighted by atomic mass is 19.1. The molecule has 2 N–H and O–H groups in total. The highest BCUT2D eigenvalue weighted by molar-refractivity contribution is 5.39. The molecule has 1 heterocycles. The third kappa shape index (κ3) is 2.73. The lowest BCUT2D eigenvalue weighted by molar-refractivity contribution is 0.0698. The monoisotopic (exact) mass is 222 g/mol. The van der Waals surface area contributed by atoms with Crippen molar-refractivity contribution in [1.29, 1.82) is 0 Å². The predicted octanol–water partition coefficient (Wildman–Crippen LogP) is 2.25. The summed E-state index contributed by atoms with van der Waals surface area (Å²) in [6, 6.07) is 7.53. The van der Waals surface area contributed by atoms with E-state index in [0.29, 0.717) is 19.3 Å². The summed E-state index contributed by atoms with van der Waals surface area (Å²) in [6.45, 7) is 1.71. The maximum Gasteiger partial charge on any atom is 0.117 e. The van der Waals surface area contributed by atoms with Gasteiger partial charge in [-0.05, 0) is 37.6 Å². The Bertz CT molecular complexity index is 339. The van der Waals surface area contributed by atoms with Gasteiger partial charge >= 0.3 is 0 Å². The number of piperidine rings is 1. The molecule has 3 heteroatoms. The first kappa shape index (κ1) is 11.4. The van der Waals surface area contributed by atoms with E-state index < -0.39 is 5.67 Å². The van der Waals surface area contributed by atoms with Crippen LogP contribution in [0.15, 0.2) is 24.3 Å². The highest BCUT2D eigenvalue weighted by Gasteiger charge is 2.33. The maximum absolute atomic E-state index is 14.5. The van der Waals surface area contributed by atoms with E-state index >= 15 is 0 Å². The topological polar surface area (TPSA) is 29.3 Å². The molecule has 2 rings (SSSR count). The maximum atomic E-state index is 14.5. The van der Waals surface area contributed by atoms with Crippen molar-refractivity contribution in [3.8, 4) is 0 Å². The van der Waals surface area contributed by atoms with Crippen molar-refractivity contribution in [2.24, 2.45) is 0 Å². The predicted molar refractivity (Wildman–Crippen MR) is 65.1 cm³/mol. The summed E-state index contributed by atoms with van der Waals surface area (Å²) >= 11 is 0. The fraction of sp³-hybridized carbons (Fsp3) is 0.538. The van der Waals surface area contributed by atoms with Crippen LogP contribution in [0, 0.1) is 0 Å². The van der Waals surface area contributed by atoms with Crippen molar-refractivity contribution in [3.05, 3.63) is 29.8 Å². The zero-order valence-corrected chi connectivity index (χ0v) is 9.75. The molecule has 1 aliphatic rings. The number of nitrogen functional groups attached to an aromatic ring is 1. The molecular weight excluding hydrogens is 203 g/mol. The van der Waals surface area contributed by atoms with Crippen LogP contribution in [-0.4, -0.2) is 30.7 Å². The minimum Gasteiger partial charge on any atom is -0.399 e. The minimum absolute atomic E-state index is 0.515. The van der Waals surface area contributed by atoms with Gasteiger partial charge in [-0.1, -0.05) is 12.1 Å². The minimum atomic E-state index is -1.03. The normalized spacial score (nSPS) is 20.9. The molecule has 0 atom stereocenters. The molecule has 0 bridgehead atoms. The summed E-state index contributed by atoms with van der Waals surface area (Å²) in [4.78, 5) is 2.18. The fourth-order valence-corrected chi connectivity index (χ4v) is 2.20. The molecule has 0 aliphatic carbocycles. The van der Waals surface area contributed by atoms with Gasteiger partial charge in [0, 0.05) is 25.2 Å². The molecule has 0 spiro atoms. The smallest absolute Gasteiger partial charge is 0.117 e. The number of hydrogen-bond acceptors (Lipinski definition) is 2. The summed E-state index contributed by atoms with van der Waals surface area (Å²) in [6.07, 6.45) is 1.78. The molecule has 0 unspecified atom stereocenters. The second-order valence-corrected chi connectivity index (χ2v) is 4.87. The van der Waals surface area contributed by atoms with E-state index in [1.54, 1.807) is 0 Å². The van der Waals surface area contributed by atoms with Crippen molar-refractivity contribution in [2.45, 2.75) is 24.9 Å². The van der Waals surface area contributed by atoms with Crippen molar-refractivity contribution in [3.63, 3.8) is 0 Å². The van der Waals surface area contributed by atoms with Gasteiger partial charge in [-0.15, -0.1) is 0 Å². The second-order valence-electron chi connectivity index (χ2n) is 4.87. The Morgan fingerprint density at radius 2 is 1.81 bits per heavy atom. The van der Waals surface area contributed by atoms with Crippen LogP contribution in [0.4, 0.5) is 10.1 Å². The molecule has 16 heavy (non-hydrogen) atoms. The van der Waals surface area contributed by atoms with E-state index in [1.165, 1.54) is 0 Å². The van der Waals surface area contributed by atoms with Gasteiger partial charge in [-0.25, -0.2) is 4.39 Å². The molecular formula is C13H19FN2. The van der Waals surface area contributed by atoms with Gasteiger partial charge in [-0.2, -0.15) is 0 Å². The van der Waals surface area contributed by atoms with E-state index in [-0.39, 0.29) is 0 Å². The van der Waals surface area contributed by atoms with Crippen LogP contribution in [0.5, 0.6) is 0 Å². The van der Waals surface area contributed by atoms with E-state index in [1.807, 2.05) is 31.3 Å². The largest absolute Gasteiger partial charge is 0.399 e. The van der Waals surface area contributed by atoms with Gasteiger partial charge in [0.05, 0.1) is 0 Å². The first-order valence-electron chi connectivity index (χ1n) is 5.79. The second kappa shape index (κ2) is 4.42. The summed E-state index contributed by atoms with van der Waals surface area (Å²) in [7, 11) is 2.04. The molecule has 1 aromatic carbocycles. The van der Waals surface area contributed by atoms with Crippen LogP contribution in [0.1, 0.15) is 18.4 Å². The van der Waals surface area contributed by atoms with Crippen LogP contribution >= 0.6 is 0 Å². The Labute approximate surface area is 96.2 Å². The number of hydrogen-bond donors (Lipinski definition) is 1. The van der Waals surface area contributed by atoms with Crippen molar-refractivity contribution < 1.29 is 4.39 Å². The van der Waals surface area contributed by atoms with Crippen molar-refractivity contribution in [2.75, 3.05) is 25.9 Å². The molecule has 1 saturated heterocycles. The highest BCUT2D eigenvalue weighted by Crippen LogP contribution is 2.30. The molecule has 0 amide bonds. The lowest BCUT2D eigenvalue weighted by Crippen LogP contribution is -2.41. The molecule has 0 saturated carbocycles. The summed E-state index contributed by atoms with van der Waals surface area (Å²) in [5, 5.41) is 0. The molecule has 0 radical (unpaired) electrons. The summed E-state index contributed by atoms with van der Waals surface area (Å²) < 4.78 is 14.5. The molecule has 88 valence electrons. The van der Waals surface area contributed by atoms with Gasteiger partial charge in [-0.3, -0.25) is 0 Å². The number of rotatable bonds is 2. The lowest BCUT2D eigenvalue weighted by atomic mass is 9.87. The Kier molecular flexibility index (Phi) is 3.15. The van der Waals surface area contributed by atoms with Crippen LogP contribution in [0.25, 0.3) is 0 Å². The third-order valence-corrected chi connectivity index (χ3v) is 3.38. The van der Waals surface area contributed by atoms with E-state index in [2.05, 4.69) is 4.90 Å². The van der Waals surface area contributed by atoms with Crippen LogP contribution in [0.2, 0.25) is 0 Å². The van der Waals surface area contributed by atoms with Gasteiger partial charge < -0.3 is 10.6 Å². The molecule has 1 fully saturated rings. The first-order valence-corrected chi connectivity index (χ1v) is 5.79. The van der Waals surface area contributed by atoms with Gasteiger partial charge in [0.25, 0.3) is 0 Å². The van der Waals surface area contributed by atoms with Crippen LogP contribution in [-0.2, 0) is 6.42 Å². The summed E-state index contributed by atoms with van der Waals surface area (Å²) in [5.74, 6) is 0. The Morgan fingerprint density at radius 1 is 1.25 bits per heavy atom. The fourth-order valence-electron chi connectivity index (χ4n) is 2.20. The number of nitrogens with zero attached hydrogens (tertiary/aromatic N) is 1. The zero-order chi connectivity index (χ0) is 11.6. The zero-order valence-electron chi connectivity index (χ0n) is 9.75. The van der Waals surface area contributed by atoms with E-state index in [9.17, 15) is 4.39 Å².